The van der Waals surface area contributed by atoms with Crippen molar-refractivity contribution in [3.05, 3.63) is 13.2 Å². The summed E-state index contributed by atoms with van der Waals surface area (Å²) in [7, 11) is 0. The van der Waals surface area contributed by atoms with Crippen LogP contribution < -0.4 is 0 Å². The van der Waals surface area contributed by atoms with E-state index in [0.717, 1.165) is 0 Å². The van der Waals surface area contributed by atoms with E-state index >= 15 is 0 Å². The monoisotopic (exact) mass is 164 g/mol. The fraction of sp³-hybridized carbons (Fsp3) is 0.200. The molecule has 0 saturated carbocycles. The minimum Gasteiger partial charge on any atom is -0.450 e. The number of hydrogen-bond acceptors (Lipinski definition) is 4. The third kappa shape index (κ3) is 17.8. The molecule has 0 bridgehead atoms. The maximum atomic E-state index is 9.49. The van der Waals surface area contributed by atoms with Crippen LogP contribution in [0.5, 0.6) is 0 Å². The van der Waals surface area contributed by atoms with E-state index in [1.54, 1.807) is 0 Å². The van der Waals surface area contributed by atoms with E-state index in [1.165, 1.54) is 0 Å². The van der Waals surface area contributed by atoms with Crippen LogP contribution in [-0.4, -0.2) is 29.3 Å². The number of carbonyl (C=O) groups is 2. The molecule has 0 rings (SSSR count). The van der Waals surface area contributed by atoms with Gasteiger partial charge in [0.05, 0.1) is 0 Å². The molecular weight excluding hydrogens is 156 g/mol. The molecule has 0 aliphatic carbocycles. The Morgan fingerprint density at radius 1 is 1.09 bits per heavy atom. The Hall–Kier alpha value is -1.72. The number of hydrogen-bond donors (Lipinski definition) is 2. The zero-order chi connectivity index (χ0) is 9.28. The summed E-state index contributed by atoms with van der Waals surface area (Å²) < 4.78 is 7.33. The van der Waals surface area contributed by atoms with Crippen molar-refractivity contribution in [3.8, 4) is 0 Å². The SMILES string of the molecule is C=C.O=C(O)OCOC(=O)O. The summed E-state index contributed by atoms with van der Waals surface area (Å²) in [5, 5.41) is 15.5. The van der Waals surface area contributed by atoms with Gasteiger partial charge in [-0.15, -0.1) is 13.2 Å². The van der Waals surface area contributed by atoms with Gasteiger partial charge < -0.3 is 19.7 Å². The summed E-state index contributed by atoms with van der Waals surface area (Å²) in [6, 6.07) is 0. The molecule has 0 saturated heterocycles. The smallest absolute Gasteiger partial charge is 0.450 e. The molecular formula is C5H8O6. The summed E-state index contributed by atoms with van der Waals surface area (Å²) >= 11 is 0. The third-order valence-electron chi connectivity index (χ3n) is 0.365. The van der Waals surface area contributed by atoms with E-state index in [-0.39, 0.29) is 0 Å². The molecule has 0 fully saturated rings. The molecule has 0 aliphatic rings. The van der Waals surface area contributed by atoms with Crippen LogP contribution >= 0.6 is 0 Å². The molecule has 64 valence electrons. The van der Waals surface area contributed by atoms with E-state index in [2.05, 4.69) is 22.6 Å². The molecule has 0 radical (unpaired) electrons. The molecule has 6 heteroatoms. The van der Waals surface area contributed by atoms with Gasteiger partial charge in [-0.05, 0) is 0 Å². The van der Waals surface area contributed by atoms with E-state index in [9.17, 15) is 9.59 Å². The summed E-state index contributed by atoms with van der Waals surface area (Å²) in [4.78, 5) is 19.0. The second kappa shape index (κ2) is 8.28. The lowest BCUT2D eigenvalue weighted by Crippen LogP contribution is -2.08. The highest BCUT2D eigenvalue weighted by Crippen LogP contribution is 1.79. The zero-order valence-electron chi connectivity index (χ0n) is 5.65. The Labute approximate surface area is 62.7 Å². The van der Waals surface area contributed by atoms with Crippen molar-refractivity contribution in [2.45, 2.75) is 0 Å². The molecule has 11 heavy (non-hydrogen) atoms. The Balaban J connectivity index is 0. The predicted molar refractivity (Wildman–Crippen MR) is 34.3 cm³/mol. The van der Waals surface area contributed by atoms with Crippen molar-refractivity contribution in [2.24, 2.45) is 0 Å². The first-order chi connectivity index (χ1) is 5.13. The standard InChI is InChI=1S/C3H4O6.C2H4/c4-2(5)8-1-9-3(6)7;1-2/h1H2,(H,4,5)(H,6,7);1-2H2. The molecule has 0 spiro atoms. The molecule has 0 aliphatic heterocycles. The Morgan fingerprint density at radius 2 is 1.36 bits per heavy atom. The van der Waals surface area contributed by atoms with Gasteiger partial charge in [0.25, 0.3) is 0 Å². The second-order valence-electron chi connectivity index (χ2n) is 0.938. The summed E-state index contributed by atoms with van der Waals surface area (Å²) in [5.74, 6) is 0. The molecule has 0 aromatic carbocycles. The van der Waals surface area contributed by atoms with E-state index in [4.69, 9.17) is 10.2 Å². The molecule has 0 amide bonds. The van der Waals surface area contributed by atoms with Crippen molar-refractivity contribution in [1.29, 1.82) is 0 Å². The van der Waals surface area contributed by atoms with E-state index < -0.39 is 19.1 Å². The molecule has 2 N–H and O–H groups in total. The lowest BCUT2D eigenvalue weighted by molar-refractivity contribution is -0.0167. The van der Waals surface area contributed by atoms with Crippen molar-refractivity contribution in [3.63, 3.8) is 0 Å². The van der Waals surface area contributed by atoms with Gasteiger partial charge in [-0.3, -0.25) is 0 Å². The molecule has 0 aromatic rings. The molecule has 0 unspecified atom stereocenters. The van der Waals surface area contributed by atoms with Crippen LogP contribution in [0, 0.1) is 0 Å². The fourth-order valence-electron chi connectivity index (χ4n) is 0.130. The number of rotatable bonds is 2. The fourth-order valence-corrected chi connectivity index (χ4v) is 0.130. The van der Waals surface area contributed by atoms with E-state index in [0.29, 0.717) is 0 Å². The average molecular weight is 164 g/mol. The molecule has 6 nitrogen and oxygen atoms in total. The van der Waals surface area contributed by atoms with Gasteiger partial charge in [0.15, 0.2) is 0 Å². The second-order valence-corrected chi connectivity index (χ2v) is 0.938. The van der Waals surface area contributed by atoms with Gasteiger partial charge in [-0.2, -0.15) is 0 Å². The summed E-state index contributed by atoms with van der Waals surface area (Å²) in [5.41, 5.74) is 0. The van der Waals surface area contributed by atoms with Gasteiger partial charge in [-0.25, -0.2) is 9.59 Å². The minimum atomic E-state index is -1.57. The highest BCUT2D eigenvalue weighted by molar-refractivity contribution is 5.58. The normalized spacial score (nSPS) is 6.91. The van der Waals surface area contributed by atoms with Crippen LogP contribution in [0.1, 0.15) is 0 Å². The lowest BCUT2D eigenvalue weighted by Gasteiger charge is -1.96. The Morgan fingerprint density at radius 3 is 1.55 bits per heavy atom. The average Bonchev–Trinajstić information content (AvgIpc) is 1.90. The number of ether oxygens (including phenoxy) is 2. The summed E-state index contributed by atoms with van der Waals surface area (Å²) in [6.07, 6.45) is -3.15. The largest absolute Gasteiger partial charge is 0.508 e. The lowest BCUT2D eigenvalue weighted by atomic mass is 11.2. The molecule has 0 atom stereocenters. The van der Waals surface area contributed by atoms with Crippen LogP contribution in [0.15, 0.2) is 13.2 Å². The highest BCUT2D eigenvalue weighted by Gasteiger charge is 1.98. The summed E-state index contributed by atoms with van der Waals surface area (Å²) in [6.45, 7) is 5.21. The van der Waals surface area contributed by atoms with Crippen molar-refractivity contribution in [2.75, 3.05) is 6.79 Å². The topological polar surface area (TPSA) is 93.1 Å². The van der Waals surface area contributed by atoms with Crippen LogP contribution in [0.2, 0.25) is 0 Å². The van der Waals surface area contributed by atoms with Gasteiger partial charge in [-0.1, -0.05) is 0 Å². The third-order valence-corrected chi connectivity index (χ3v) is 0.365. The Bertz CT molecular complexity index is 117. The first-order valence-electron chi connectivity index (χ1n) is 2.34. The minimum absolute atomic E-state index is 0.787. The zero-order valence-corrected chi connectivity index (χ0v) is 5.65. The van der Waals surface area contributed by atoms with Crippen molar-refractivity contribution < 1.29 is 29.3 Å². The Kier molecular flexibility index (Phi) is 9.04. The maximum absolute atomic E-state index is 9.49. The first-order valence-corrected chi connectivity index (χ1v) is 2.34. The molecule has 0 heterocycles. The van der Waals surface area contributed by atoms with Crippen LogP contribution in [0.4, 0.5) is 9.59 Å². The molecule has 0 aromatic heterocycles. The van der Waals surface area contributed by atoms with Crippen molar-refractivity contribution >= 4 is 12.3 Å². The number of carboxylic acid groups (broad SMARTS) is 2. The predicted octanol–water partition coefficient (Wildman–Crippen LogP) is 1.14. The van der Waals surface area contributed by atoms with Crippen LogP contribution in [0.3, 0.4) is 0 Å². The van der Waals surface area contributed by atoms with Gasteiger partial charge >= 0.3 is 12.3 Å². The first kappa shape index (κ1) is 12.0. The van der Waals surface area contributed by atoms with Gasteiger partial charge in [0.1, 0.15) is 0 Å². The quantitative estimate of drug-likeness (QED) is 0.361. The van der Waals surface area contributed by atoms with Gasteiger partial charge in [0.2, 0.25) is 6.79 Å². The maximum Gasteiger partial charge on any atom is 0.508 e. The highest BCUT2D eigenvalue weighted by atomic mass is 16.8. The van der Waals surface area contributed by atoms with Crippen molar-refractivity contribution in [1.82, 2.24) is 0 Å². The van der Waals surface area contributed by atoms with Crippen LogP contribution in [-0.2, 0) is 9.47 Å². The van der Waals surface area contributed by atoms with E-state index in [1.807, 2.05) is 0 Å². The van der Waals surface area contributed by atoms with Crippen LogP contribution in [0.25, 0.3) is 0 Å². The van der Waals surface area contributed by atoms with Gasteiger partial charge in [0, 0.05) is 0 Å².